The predicted octanol–water partition coefficient (Wildman–Crippen LogP) is 2.23. The van der Waals surface area contributed by atoms with E-state index in [9.17, 15) is 0 Å². The van der Waals surface area contributed by atoms with Crippen molar-refractivity contribution in [2.75, 3.05) is 19.6 Å². The van der Waals surface area contributed by atoms with Crippen molar-refractivity contribution in [2.45, 2.75) is 45.7 Å². The van der Waals surface area contributed by atoms with Crippen LogP contribution in [0, 0.1) is 0 Å². The van der Waals surface area contributed by atoms with Gasteiger partial charge < -0.3 is 5.32 Å². The summed E-state index contributed by atoms with van der Waals surface area (Å²) in [6.07, 6.45) is 0. The van der Waals surface area contributed by atoms with E-state index in [4.69, 9.17) is 4.98 Å². The highest BCUT2D eigenvalue weighted by Crippen LogP contribution is 2.26. The molecule has 1 aromatic heterocycles. The van der Waals surface area contributed by atoms with Crippen molar-refractivity contribution in [2.24, 2.45) is 0 Å². The second-order valence-electron chi connectivity index (χ2n) is 5.77. The van der Waals surface area contributed by atoms with Gasteiger partial charge in [0.1, 0.15) is 0 Å². The van der Waals surface area contributed by atoms with E-state index in [1.54, 1.807) is 11.3 Å². The molecule has 1 fully saturated rings. The van der Waals surface area contributed by atoms with Crippen LogP contribution in [-0.2, 0) is 12.0 Å². The third-order valence-corrected chi connectivity index (χ3v) is 4.56. The summed E-state index contributed by atoms with van der Waals surface area (Å²) in [7, 11) is 0. The number of hydrogen-bond acceptors (Lipinski definition) is 4. The van der Waals surface area contributed by atoms with Crippen molar-refractivity contribution in [1.29, 1.82) is 0 Å². The van der Waals surface area contributed by atoms with Crippen molar-refractivity contribution < 1.29 is 0 Å². The molecule has 2 rings (SSSR count). The summed E-state index contributed by atoms with van der Waals surface area (Å²) in [4.78, 5) is 7.28. The lowest BCUT2D eigenvalue weighted by Crippen LogP contribution is -2.56. The summed E-state index contributed by atoms with van der Waals surface area (Å²) >= 11 is 1.79. The van der Waals surface area contributed by atoms with Crippen LogP contribution in [0.1, 0.15) is 38.4 Å². The molecule has 0 saturated carbocycles. The van der Waals surface area contributed by atoms with Crippen molar-refractivity contribution in [1.82, 2.24) is 15.2 Å². The summed E-state index contributed by atoms with van der Waals surface area (Å²) in [5.74, 6) is 0. The fourth-order valence-corrected chi connectivity index (χ4v) is 2.86. The lowest BCUT2D eigenvalue weighted by Gasteiger charge is -2.37. The van der Waals surface area contributed by atoms with E-state index in [1.807, 2.05) is 0 Å². The Labute approximate surface area is 108 Å². The normalized spacial score (nSPS) is 17.5. The third kappa shape index (κ3) is 3.06. The predicted molar refractivity (Wildman–Crippen MR) is 73.6 cm³/mol. The zero-order chi connectivity index (χ0) is 12.5. The van der Waals surface area contributed by atoms with Gasteiger partial charge in [0.15, 0.2) is 0 Å². The van der Waals surface area contributed by atoms with Crippen LogP contribution in [0.2, 0.25) is 0 Å². The minimum absolute atomic E-state index is 0.179. The van der Waals surface area contributed by atoms with E-state index in [1.165, 1.54) is 10.7 Å². The molecule has 2 heterocycles. The largest absolute Gasteiger partial charge is 0.314 e. The Kier molecular flexibility index (Phi) is 3.85. The highest BCUT2D eigenvalue weighted by atomic mass is 32.1. The monoisotopic (exact) mass is 253 g/mol. The Hall–Kier alpha value is -0.450. The van der Waals surface area contributed by atoms with Crippen molar-refractivity contribution in [3.63, 3.8) is 0 Å². The Bertz CT molecular complexity index is 363. The van der Waals surface area contributed by atoms with Crippen LogP contribution in [0.15, 0.2) is 5.38 Å². The number of hydrogen-bond donors (Lipinski definition) is 1. The zero-order valence-corrected chi connectivity index (χ0v) is 12.1. The van der Waals surface area contributed by atoms with Crippen LogP contribution in [0.3, 0.4) is 0 Å². The lowest BCUT2D eigenvalue weighted by molar-refractivity contribution is 0.144. The average Bonchev–Trinajstić information content (AvgIpc) is 2.61. The van der Waals surface area contributed by atoms with E-state index in [0.29, 0.717) is 6.04 Å². The molecule has 0 amide bonds. The maximum atomic E-state index is 4.77. The number of rotatable bonds is 4. The number of nitrogens with zero attached hydrogens (tertiary/aromatic N) is 2. The van der Waals surface area contributed by atoms with Gasteiger partial charge in [-0.25, -0.2) is 4.98 Å². The minimum Gasteiger partial charge on any atom is -0.314 e. The van der Waals surface area contributed by atoms with E-state index in [2.05, 4.69) is 43.3 Å². The molecule has 0 spiro atoms. The molecule has 1 N–H and O–H groups in total. The molecule has 1 aliphatic rings. The van der Waals surface area contributed by atoms with Gasteiger partial charge in [0.25, 0.3) is 0 Å². The van der Waals surface area contributed by atoms with Gasteiger partial charge >= 0.3 is 0 Å². The summed E-state index contributed by atoms with van der Waals surface area (Å²) in [5.41, 5.74) is 1.41. The number of nitrogens with one attached hydrogen (secondary N) is 1. The lowest BCUT2D eigenvalue weighted by atomic mass is 9.98. The smallest absolute Gasteiger partial charge is 0.0982 e. The first kappa shape index (κ1) is 13.0. The van der Waals surface area contributed by atoms with Gasteiger partial charge in [0.05, 0.1) is 10.7 Å². The van der Waals surface area contributed by atoms with Crippen LogP contribution in [0.25, 0.3) is 0 Å². The number of likely N-dealkylation sites (N-methyl/N-ethyl adjacent to an activating group) is 1. The minimum atomic E-state index is 0.179. The molecular formula is C13H23N3S. The second kappa shape index (κ2) is 5.04. The zero-order valence-electron chi connectivity index (χ0n) is 11.3. The standard InChI is InChI=1S/C13H23N3S/c1-5-16(11-6-14-7-11)8-10-9-17-12(15-10)13(2,3)4/h9,11,14H,5-8H2,1-4H3. The molecule has 96 valence electrons. The van der Waals surface area contributed by atoms with Crippen LogP contribution in [-0.4, -0.2) is 35.6 Å². The molecule has 0 radical (unpaired) electrons. The van der Waals surface area contributed by atoms with E-state index < -0.39 is 0 Å². The second-order valence-corrected chi connectivity index (χ2v) is 6.63. The Morgan fingerprint density at radius 2 is 2.18 bits per heavy atom. The fraction of sp³-hybridized carbons (Fsp3) is 0.769. The van der Waals surface area contributed by atoms with Gasteiger partial charge in [0, 0.05) is 36.5 Å². The van der Waals surface area contributed by atoms with Gasteiger partial charge in [-0.3, -0.25) is 4.90 Å². The van der Waals surface area contributed by atoms with Gasteiger partial charge in [-0.15, -0.1) is 11.3 Å². The van der Waals surface area contributed by atoms with Crippen LogP contribution in [0.5, 0.6) is 0 Å². The molecule has 0 bridgehead atoms. The number of aromatic nitrogens is 1. The maximum Gasteiger partial charge on any atom is 0.0982 e. The van der Waals surface area contributed by atoms with E-state index in [-0.39, 0.29) is 5.41 Å². The van der Waals surface area contributed by atoms with Gasteiger partial charge in [-0.2, -0.15) is 0 Å². The fourth-order valence-electron chi connectivity index (χ4n) is 1.96. The molecule has 4 heteroatoms. The third-order valence-electron chi connectivity index (χ3n) is 3.24. The molecule has 1 saturated heterocycles. The summed E-state index contributed by atoms with van der Waals surface area (Å²) in [6.45, 7) is 13.3. The van der Waals surface area contributed by atoms with E-state index >= 15 is 0 Å². The molecule has 1 aromatic rings. The van der Waals surface area contributed by atoms with Crippen molar-refractivity contribution in [3.05, 3.63) is 16.1 Å². The summed E-state index contributed by atoms with van der Waals surface area (Å²) in [5, 5.41) is 6.80. The summed E-state index contributed by atoms with van der Waals surface area (Å²) in [6, 6.07) is 0.708. The van der Waals surface area contributed by atoms with Crippen LogP contribution < -0.4 is 5.32 Å². The Morgan fingerprint density at radius 3 is 2.59 bits per heavy atom. The maximum absolute atomic E-state index is 4.77. The van der Waals surface area contributed by atoms with Crippen molar-refractivity contribution in [3.8, 4) is 0 Å². The first-order valence-corrected chi connectivity index (χ1v) is 7.28. The molecule has 3 nitrogen and oxygen atoms in total. The van der Waals surface area contributed by atoms with Gasteiger partial charge in [-0.1, -0.05) is 27.7 Å². The number of thiazole rings is 1. The van der Waals surface area contributed by atoms with E-state index in [0.717, 1.165) is 26.2 Å². The molecule has 1 aliphatic heterocycles. The Balaban J connectivity index is 2.00. The van der Waals surface area contributed by atoms with Crippen LogP contribution in [0.4, 0.5) is 0 Å². The topological polar surface area (TPSA) is 28.2 Å². The molecule has 0 aliphatic carbocycles. The summed E-state index contributed by atoms with van der Waals surface area (Å²) < 4.78 is 0. The highest BCUT2D eigenvalue weighted by Gasteiger charge is 2.24. The highest BCUT2D eigenvalue weighted by molar-refractivity contribution is 7.09. The van der Waals surface area contributed by atoms with Gasteiger partial charge in [0.2, 0.25) is 0 Å². The molecule has 17 heavy (non-hydrogen) atoms. The molecule has 0 unspecified atom stereocenters. The molecule has 0 aromatic carbocycles. The first-order chi connectivity index (χ1) is 8.00. The van der Waals surface area contributed by atoms with Crippen molar-refractivity contribution >= 4 is 11.3 Å². The van der Waals surface area contributed by atoms with Crippen LogP contribution >= 0.6 is 11.3 Å². The van der Waals surface area contributed by atoms with Gasteiger partial charge in [-0.05, 0) is 6.54 Å². The molecular weight excluding hydrogens is 230 g/mol. The average molecular weight is 253 g/mol. The Morgan fingerprint density at radius 1 is 1.47 bits per heavy atom. The molecule has 0 atom stereocenters. The first-order valence-electron chi connectivity index (χ1n) is 6.40. The quantitative estimate of drug-likeness (QED) is 0.892. The SMILES string of the molecule is CCN(Cc1csc(C(C)(C)C)n1)C1CNC1.